The van der Waals surface area contributed by atoms with Crippen molar-refractivity contribution in [2.75, 3.05) is 6.61 Å². The van der Waals surface area contributed by atoms with Gasteiger partial charge in [-0.05, 0) is 24.5 Å². The zero-order valence-corrected chi connectivity index (χ0v) is 11.1. The molecule has 0 N–H and O–H groups in total. The third-order valence-electron chi connectivity index (χ3n) is 2.39. The van der Waals surface area contributed by atoms with E-state index in [1.165, 1.54) is 6.07 Å². The maximum absolute atomic E-state index is 12.4. The minimum absolute atomic E-state index is 0.0443. The predicted octanol–water partition coefficient (Wildman–Crippen LogP) is 3.50. The summed E-state index contributed by atoms with van der Waals surface area (Å²) in [6.07, 6.45) is -4.74. The molecule has 1 rings (SSSR count). The first-order valence-electron chi connectivity index (χ1n) is 5.55. The van der Waals surface area contributed by atoms with E-state index < -0.39 is 34.0 Å². The molecule has 0 unspecified atom stereocenters. The Labute approximate surface area is 116 Å². The van der Waals surface area contributed by atoms with Crippen LogP contribution in [0.2, 0.25) is 0 Å². The van der Waals surface area contributed by atoms with Gasteiger partial charge < -0.3 is 0 Å². The lowest BCUT2D eigenvalue weighted by atomic mass is 10.1. The highest BCUT2D eigenvalue weighted by atomic mass is 32.2. The predicted molar refractivity (Wildman–Crippen MR) is 60.7 cm³/mol. The molecule has 0 saturated carbocycles. The van der Waals surface area contributed by atoms with Gasteiger partial charge in [0.1, 0.15) is 0 Å². The maximum atomic E-state index is 12.4. The van der Waals surface area contributed by atoms with Gasteiger partial charge in [0, 0.05) is 0 Å². The standard InChI is InChI=1S/C11H10F6O3S/c12-10(13,14)9-5-1-3-8(7-9)4-2-6-20-21(18,19)11(15,16)17/h1,3,5,7H,2,4,6H2. The van der Waals surface area contributed by atoms with Gasteiger partial charge in [0.15, 0.2) is 0 Å². The van der Waals surface area contributed by atoms with E-state index in [-0.39, 0.29) is 18.4 Å². The summed E-state index contributed by atoms with van der Waals surface area (Å²) in [5, 5.41) is 0. The van der Waals surface area contributed by atoms with Crippen LogP contribution in [-0.2, 0) is 26.9 Å². The van der Waals surface area contributed by atoms with E-state index in [1.807, 2.05) is 0 Å². The van der Waals surface area contributed by atoms with Crippen molar-refractivity contribution >= 4 is 10.1 Å². The van der Waals surface area contributed by atoms with Crippen molar-refractivity contribution < 1.29 is 38.9 Å². The SMILES string of the molecule is O=S(=O)(OCCCc1cccc(C(F)(F)F)c1)C(F)(F)F. The lowest BCUT2D eigenvalue weighted by Crippen LogP contribution is -2.26. The molecule has 0 fully saturated rings. The third kappa shape index (κ3) is 5.20. The van der Waals surface area contributed by atoms with Crippen molar-refractivity contribution in [2.45, 2.75) is 24.5 Å². The summed E-state index contributed by atoms with van der Waals surface area (Å²) < 4.78 is 97.9. The van der Waals surface area contributed by atoms with E-state index in [0.29, 0.717) is 0 Å². The zero-order chi connectivity index (χ0) is 16.3. The first kappa shape index (κ1) is 17.8. The highest BCUT2D eigenvalue weighted by molar-refractivity contribution is 7.87. The third-order valence-corrected chi connectivity index (χ3v) is 3.43. The number of hydrogen-bond donors (Lipinski definition) is 0. The van der Waals surface area contributed by atoms with Crippen LogP contribution in [0.4, 0.5) is 26.3 Å². The van der Waals surface area contributed by atoms with Crippen LogP contribution in [0.25, 0.3) is 0 Å². The first-order valence-corrected chi connectivity index (χ1v) is 6.96. The largest absolute Gasteiger partial charge is 0.523 e. The molecule has 1 aromatic rings. The van der Waals surface area contributed by atoms with Crippen LogP contribution in [0.5, 0.6) is 0 Å². The van der Waals surface area contributed by atoms with E-state index >= 15 is 0 Å². The fourth-order valence-corrected chi connectivity index (χ4v) is 1.89. The Morgan fingerprint density at radius 1 is 1.05 bits per heavy atom. The smallest absolute Gasteiger partial charge is 0.263 e. The Kier molecular flexibility index (Phi) is 5.26. The molecular weight excluding hydrogens is 326 g/mol. The zero-order valence-electron chi connectivity index (χ0n) is 10.3. The van der Waals surface area contributed by atoms with Gasteiger partial charge in [-0.3, -0.25) is 4.18 Å². The molecule has 0 aliphatic carbocycles. The van der Waals surface area contributed by atoms with Gasteiger partial charge in [0.25, 0.3) is 0 Å². The molecule has 120 valence electrons. The summed E-state index contributed by atoms with van der Waals surface area (Å²) in [6.45, 7) is -0.766. The lowest BCUT2D eigenvalue weighted by molar-refractivity contribution is -0.137. The lowest BCUT2D eigenvalue weighted by Gasteiger charge is -2.10. The molecule has 0 radical (unpaired) electrons. The molecule has 0 aliphatic heterocycles. The second-order valence-corrected chi connectivity index (χ2v) is 5.63. The number of benzene rings is 1. The number of alkyl halides is 6. The monoisotopic (exact) mass is 336 g/mol. The minimum atomic E-state index is -5.66. The normalized spacial score (nSPS) is 13.4. The molecular formula is C11H10F6O3S. The van der Waals surface area contributed by atoms with Crippen LogP contribution < -0.4 is 0 Å². The molecule has 0 amide bonds. The average Bonchev–Trinajstić information content (AvgIpc) is 2.32. The van der Waals surface area contributed by atoms with Crippen molar-refractivity contribution in [2.24, 2.45) is 0 Å². The van der Waals surface area contributed by atoms with Gasteiger partial charge in [-0.25, -0.2) is 0 Å². The Morgan fingerprint density at radius 2 is 1.67 bits per heavy atom. The Morgan fingerprint density at radius 3 is 2.19 bits per heavy atom. The molecule has 0 heterocycles. The fourth-order valence-electron chi connectivity index (χ4n) is 1.41. The Bertz CT molecular complexity index is 576. The molecule has 0 saturated heterocycles. The molecule has 10 heteroatoms. The van der Waals surface area contributed by atoms with Crippen LogP contribution >= 0.6 is 0 Å². The molecule has 21 heavy (non-hydrogen) atoms. The van der Waals surface area contributed by atoms with Gasteiger partial charge in [-0.2, -0.15) is 34.8 Å². The van der Waals surface area contributed by atoms with Gasteiger partial charge in [0.2, 0.25) is 0 Å². The first-order chi connectivity index (χ1) is 9.43. The summed E-state index contributed by atoms with van der Waals surface area (Å²) >= 11 is 0. The second kappa shape index (κ2) is 6.22. The summed E-state index contributed by atoms with van der Waals surface area (Å²) in [6, 6.07) is 4.21. The molecule has 0 bridgehead atoms. The van der Waals surface area contributed by atoms with E-state index in [2.05, 4.69) is 4.18 Å². The number of hydrogen-bond acceptors (Lipinski definition) is 3. The van der Waals surface area contributed by atoms with E-state index in [9.17, 15) is 34.8 Å². The number of aryl methyl sites for hydroxylation is 1. The molecule has 0 aliphatic rings. The highest BCUT2D eigenvalue weighted by Crippen LogP contribution is 2.30. The van der Waals surface area contributed by atoms with Crippen LogP contribution in [0.3, 0.4) is 0 Å². The van der Waals surface area contributed by atoms with Crippen molar-refractivity contribution in [3.8, 4) is 0 Å². The van der Waals surface area contributed by atoms with E-state index in [0.717, 1.165) is 18.2 Å². The Balaban J connectivity index is 2.55. The fraction of sp³-hybridized carbons (Fsp3) is 0.455. The van der Waals surface area contributed by atoms with Gasteiger partial charge in [-0.1, -0.05) is 18.2 Å². The van der Waals surface area contributed by atoms with Crippen LogP contribution in [0.1, 0.15) is 17.5 Å². The topological polar surface area (TPSA) is 43.4 Å². The Hall–Kier alpha value is -1.29. The van der Waals surface area contributed by atoms with Gasteiger partial charge in [0.05, 0.1) is 12.2 Å². The molecule has 1 aromatic carbocycles. The quantitative estimate of drug-likeness (QED) is 0.358. The summed E-state index contributed by atoms with van der Waals surface area (Å²) in [5.41, 5.74) is -6.18. The molecule has 0 spiro atoms. The van der Waals surface area contributed by atoms with Crippen LogP contribution in [-0.4, -0.2) is 20.5 Å². The van der Waals surface area contributed by atoms with Gasteiger partial charge in [-0.15, -0.1) is 0 Å². The summed E-state index contributed by atoms with van der Waals surface area (Å²) in [4.78, 5) is 0. The van der Waals surface area contributed by atoms with E-state index in [1.54, 1.807) is 0 Å². The number of rotatable bonds is 5. The summed E-state index contributed by atoms with van der Waals surface area (Å²) in [5.74, 6) is 0. The molecule has 3 nitrogen and oxygen atoms in total. The van der Waals surface area contributed by atoms with Crippen LogP contribution in [0.15, 0.2) is 24.3 Å². The van der Waals surface area contributed by atoms with Crippen molar-refractivity contribution in [1.82, 2.24) is 0 Å². The second-order valence-electron chi connectivity index (χ2n) is 4.02. The molecule has 0 aromatic heterocycles. The van der Waals surface area contributed by atoms with Crippen molar-refractivity contribution in [3.63, 3.8) is 0 Å². The van der Waals surface area contributed by atoms with Crippen molar-refractivity contribution in [3.05, 3.63) is 35.4 Å². The maximum Gasteiger partial charge on any atom is 0.523 e. The molecule has 0 atom stereocenters. The van der Waals surface area contributed by atoms with Crippen LogP contribution in [0, 0.1) is 0 Å². The van der Waals surface area contributed by atoms with Crippen molar-refractivity contribution in [1.29, 1.82) is 0 Å². The average molecular weight is 336 g/mol. The summed E-state index contributed by atoms with van der Waals surface area (Å²) in [7, 11) is -5.66. The minimum Gasteiger partial charge on any atom is -0.263 e. The highest BCUT2D eigenvalue weighted by Gasteiger charge is 2.47. The van der Waals surface area contributed by atoms with E-state index in [4.69, 9.17) is 0 Å². The van der Waals surface area contributed by atoms with Gasteiger partial charge >= 0.3 is 21.8 Å². The number of halogens is 6.